The fourth-order valence-electron chi connectivity index (χ4n) is 6.50. The maximum absolute atomic E-state index is 12.0. The van der Waals surface area contributed by atoms with Gasteiger partial charge in [0.15, 0.2) is 12.1 Å². The standard InChI is InChI=1S/C26H40O7/c1-14(2)10-9-11-15(3)19-12-20(31-17(5)27)23-22(19)24-16(4)21(32-18(6)28)13-26(24,30-8)33-25(23)29-7/h10-11,16,19-25H,9,12-13H2,1-8H3. The van der Waals surface area contributed by atoms with E-state index >= 15 is 0 Å². The van der Waals surface area contributed by atoms with E-state index in [0.717, 1.165) is 6.42 Å². The van der Waals surface area contributed by atoms with Crippen LogP contribution in [0.3, 0.4) is 0 Å². The fourth-order valence-corrected chi connectivity index (χ4v) is 6.50. The Hall–Kier alpha value is -1.70. The van der Waals surface area contributed by atoms with Gasteiger partial charge in [-0.2, -0.15) is 0 Å². The molecule has 0 aromatic heterocycles. The lowest BCUT2D eigenvalue weighted by atomic mass is 9.68. The predicted molar refractivity (Wildman–Crippen MR) is 123 cm³/mol. The number of hydrogen-bond donors (Lipinski definition) is 0. The Labute approximate surface area is 197 Å². The Morgan fingerprint density at radius 2 is 1.61 bits per heavy atom. The van der Waals surface area contributed by atoms with Gasteiger partial charge in [0, 0.05) is 46.3 Å². The number of fused-ring (bicyclic) bond motifs is 3. The number of esters is 2. The average molecular weight is 465 g/mol. The van der Waals surface area contributed by atoms with Crippen LogP contribution in [0, 0.1) is 29.6 Å². The summed E-state index contributed by atoms with van der Waals surface area (Å²) < 4.78 is 29.9. The second-order valence-corrected chi connectivity index (χ2v) is 10.1. The minimum atomic E-state index is -0.926. The van der Waals surface area contributed by atoms with E-state index in [1.807, 2.05) is 0 Å². The number of rotatable bonds is 7. The number of carbonyl (C=O) groups is 2. The summed E-state index contributed by atoms with van der Waals surface area (Å²) in [6, 6.07) is 0. The molecule has 7 heteroatoms. The number of carbonyl (C=O) groups excluding carboxylic acids is 2. The smallest absolute Gasteiger partial charge is 0.302 e. The first-order valence-electron chi connectivity index (χ1n) is 11.9. The molecule has 1 saturated heterocycles. The second kappa shape index (κ2) is 10.3. The molecule has 7 nitrogen and oxygen atoms in total. The van der Waals surface area contributed by atoms with E-state index in [2.05, 4.69) is 39.8 Å². The quantitative estimate of drug-likeness (QED) is 0.408. The summed E-state index contributed by atoms with van der Waals surface area (Å²) in [4.78, 5) is 23.8. The van der Waals surface area contributed by atoms with Crippen molar-refractivity contribution in [3.05, 3.63) is 23.3 Å². The lowest BCUT2D eigenvalue weighted by Crippen LogP contribution is -2.57. The molecule has 3 aliphatic rings. The van der Waals surface area contributed by atoms with E-state index in [-0.39, 0.29) is 53.7 Å². The monoisotopic (exact) mass is 464 g/mol. The van der Waals surface area contributed by atoms with Crippen molar-refractivity contribution in [1.82, 2.24) is 0 Å². The Balaban J connectivity index is 2.05. The average Bonchev–Trinajstić information content (AvgIpc) is 3.22. The molecule has 2 aliphatic carbocycles. The van der Waals surface area contributed by atoms with Crippen LogP contribution in [-0.2, 0) is 33.3 Å². The molecule has 1 heterocycles. The molecule has 0 spiro atoms. The zero-order valence-corrected chi connectivity index (χ0v) is 21.3. The van der Waals surface area contributed by atoms with Gasteiger partial charge >= 0.3 is 11.9 Å². The lowest BCUT2D eigenvalue weighted by Gasteiger charge is -2.50. The molecule has 186 valence electrons. The highest BCUT2D eigenvalue weighted by Crippen LogP contribution is 2.62. The summed E-state index contributed by atoms with van der Waals surface area (Å²) in [6.07, 6.45) is 5.26. The van der Waals surface area contributed by atoms with Crippen LogP contribution in [0.15, 0.2) is 23.3 Å². The Morgan fingerprint density at radius 1 is 0.970 bits per heavy atom. The topological polar surface area (TPSA) is 80.3 Å². The fraction of sp³-hybridized carbons (Fsp3) is 0.769. The van der Waals surface area contributed by atoms with Crippen molar-refractivity contribution in [2.75, 3.05) is 14.2 Å². The van der Waals surface area contributed by atoms with Crippen LogP contribution in [0.4, 0.5) is 0 Å². The molecule has 33 heavy (non-hydrogen) atoms. The molecule has 2 saturated carbocycles. The highest BCUT2D eigenvalue weighted by molar-refractivity contribution is 5.66. The van der Waals surface area contributed by atoms with Crippen LogP contribution in [0.2, 0.25) is 0 Å². The third kappa shape index (κ3) is 5.05. The molecular formula is C26H40O7. The zero-order chi connectivity index (χ0) is 24.5. The first kappa shape index (κ1) is 25.9. The maximum Gasteiger partial charge on any atom is 0.302 e. The van der Waals surface area contributed by atoms with Crippen molar-refractivity contribution in [2.45, 2.75) is 85.1 Å². The van der Waals surface area contributed by atoms with Gasteiger partial charge in [0.1, 0.15) is 12.2 Å². The summed E-state index contributed by atoms with van der Waals surface area (Å²) in [5.74, 6) is -1.44. The molecule has 1 aliphatic heterocycles. The molecule has 0 radical (unpaired) electrons. The number of ether oxygens (including phenoxy) is 5. The van der Waals surface area contributed by atoms with E-state index in [1.165, 1.54) is 25.0 Å². The van der Waals surface area contributed by atoms with Gasteiger partial charge in [-0.3, -0.25) is 9.59 Å². The summed E-state index contributed by atoms with van der Waals surface area (Å²) >= 11 is 0. The van der Waals surface area contributed by atoms with Gasteiger partial charge in [-0.05, 0) is 45.4 Å². The molecular weight excluding hydrogens is 424 g/mol. The van der Waals surface area contributed by atoms with Crippen molar-refractivity contribution in [3.8, 4) is 0 Å². The van der Waals surface area contributed by atoms with E-state index < -0.39 is 12.1 Å². The first-order chi connectivity index (χ1) is 15.5. The molecule has 3 rings (SSSR count). The van der Waals surface area contributed by atoms with E-state index in [9.17, 15) is 9.59 Å². The number of methoxy groups -OCH3 is 2. The van der Waals surface area contributed by atoms with E-state index in [4.69, 9.17) is 23.7 Å². The minimum Gasteiger partial charge on any atom is -0.462 e. The summed E-state index contributed by atoms with van der Waals surface area (Å²) in [5, 5.41) is 0. The van der Waals surface area contributed by atoms with E-state index in [1.54, 1.807) is 14.2 Å². The molecule has 9 atom stereocenters. The molecule has 0 amide bonds. The van der Waals surface area contributed by atoms with Crippen molar-refractivity contribution in [2.24, 2.45) is 29.6 Å². The van der Waals surface area contributed by atoms with Crippen LogP contribution in [0.1, 0.15) is 60.8 Å². The van der Waals surface area contributed by atoms with Crippen LogP contribution in [-0.4, -0.2) is 50.4 Å². The van der Waals surface area contributed by atoms with Crippen molar-refractivity contribution in [3.63, 3.8) is 0 Å². The van der Waals surface area contributed by atoms with Crippen LogP contribution >= 0.6 is 0 Å². The molecule has 9 unspecified atom stereocenters. The van der Waals surface area contributed by atoms with Gasteiger partial charge in [0.2, 0.25) is 0 Å². The zero-order valence-electron chi connectivity index (χ0n) is 21.3. The lowest BCUT2D eigenvalue weighted by molar-refractivity contribution is -0.368. The highest BCUT2D eigenvalue weighted by Gasteiger charge is 2.68. The Kier molecular flexibility index (Phi) is 8.07. The van der Waals surface area contributed by atoms with Crippen LogP contribution in [0.25, 0.3) is 0 Å². The van der Waals surface area contributed by atoms with Gasteiger partial charge < -0.3 is 23.7 Å². The Bertz CT molecular complexity index is 798. The summed E-state index contributed by atoms with van der Waals surface area (Å²) in [5.41, 5.74) is 2.54. The largest absolute Gasteiger partial charge is 0.462 e. The molecule has 0 bridgehead atoms. The SMILES string of the molecule is COC1OC2(OC)CC(OC(C)=O)C(C)C2C2C(C(C)=CCC=C(C)C)CC(OC(C)=O)C12. The highest BCUT2D eigenvalue weighted by atomic mass is 16.8. The van der Waals surface area contributed by atoms with Gasteiger partial charge in [-0.15, -0.1) is 0 Å². The maximum atomic E-state index is 12.0. The number of hydrogen-bond acceptors (Lipinski definition) is 7. The van der Waals surface area contributed by atoms with Gasteiger partial charge in [0.25, 0.3) is 0 Å². The van der Waals surface area contributed by atoms with E-state index in [0.29, 0.717) is 12.8 Å². The summed E-state index contributed by atoms with van der Waals surface area (Å²) in [6.45, 7) is 11.3. The number of allylic oxidation sites excluding steroid dienone is 4. The van der Waals surface area contributed by atoms with Crippen molar-refractivity contribution in [1.29, 1.82) is 0 Å². The molecule has 3 fully saturated rings. The molecule has 0 aromatic carbocycles. The van der Waals surface area contributed by atoms with Gasteiger partial charge in [-0.25, -0.2) is 0 Å². The Morgan fingerprint density at radius 3 is 2.15 bits per heavy atom. The van der Waals surface area contributed by atoms with Crippen LogP contribution in [0.5, 0.6) is 0 Å². The first-order valence-corrected chi connectivity index (χ1v) is 11.9. The van der Waals surface area contributed by atoms with Crippen molar-refractivity contribution >= 4 is 11.9 Å². The third-order valence-electron chi connectivity index (χ3n) is 7.78. The third-order valence-corrected chi connectivity index (χ3v) is 7.78. The van der Waals surface area contributed by atoms with Crippen molar-refractivity contribution < 1.29 is 33.3 Å². The normalized spacial score (nSPS) is 40.1. The molecule has 0 N–H and O–H groups in total. The minimum absolute atomic E-state index is 0.0170. The van der Waals surface area contributed by atoms with Gasteiger partial charge in [0.05, 0.1) is 5.92 Å². The predicted octanol–water partition coefficient (Wildman–Crippen LogP) is 4.41. The molecule has 0 aromatic rings. The second-order valence-electron chi connectivity index (χ2n) is 10.1. The summed E-state index contributed by atoms with van der Waals surface area (Å²) in [7, 11) is 3.26. The van der Waals surface area contributed by atoms with Gasteiger partial charge in [-0.1, -0.05) is 30.2 Å². The van der Waals surface area contributed by atoms with Crippen LogP contribution < -0.4 is 0 Å².